The zero-order chi connectivity index (χ0) is 13.1. The lowest BCUT2D eigenvalue weighted by Gasteiger charge is -2.15. The largest absolute Gasteiger partial charge is 0.491 e. The van der Waals surface area contributed by atoms with Gasteiger partial charge in [0.2, 0.25) is 0 Å². The van der Waals surface area contributed by atoms with Gasteiger partial charge in [0.1, 0.15) is 12.4 Å². The molecule has 2 aromatic carbocycles. The number of para-hydroxylation sites is 2. The van der Waals surface area contributed by atoms with Crippen molar-refractivity contribution in [3.63, 3.8) is 0 Å². The topological polar surface area (TPSA) is 33.3 Å². The molecule has 0 radical (unpaired) electrons. The van der Waals surface area contributed by atoms with E-state index < -0.39 is 0 Å². The molecule has 4 heteroatoms. The van der Waals surface area contributed by atoms with E-state index >= 15 is 0 Å². The second kappa shape index (κ2) is 5.28. The summed E-state index contributed by atoms with van der Waals surface area (Å²) in [5.41, 5.74) is 2.13. The molecule has 96 valence electrons. The molecule has 3 rings (SSSR count). The third-order valence-electron chi connectivity index (χ3n) is 3.04. The van der Waals surface area contributed by atoms with E-state index in [4.69, 9.17) is 17.0 Å². The predicted octanol–water partition coefficient (Wildman–Crippen LogP) is 3.11. The molecule has 2 N–H and O–H groups in total. The summed E-state index contributed by atoms with van der Waals surface area (Å²) in [7, 11) is 0. The van der Waals surface area contributed by atoms with Gasteiger partial charge < -0.3 is 15.4 Å². The highest BCUT2D eigenvalue weighted by molar-refractivity contribution is 7.80. The van der Waals surface area contributed by atoms with E-state index in [2.05, 4.69) is 16.7 Å². The van der Waals surface area contributed by atoms with E-state index in [9.17, 15) is 0 Å². The van der Waals surface area contributed by atoms with E-state index in [-0.39, 0.29) is 6.04 Å². The van der Waals surface area contributed by atoms with Gasteiger partial charge in [0.25, 0.3) is 0 Å². The Morgan fingerprint density at radius 1 is 1.05 bits per heavy atom. The Hall–Kier alpha value is -2.07. The van der Waals surface area contributed by atoms with Crippen LogP contribution in [0, 0.1) is 0 Å². The van der Waals surface area contributed by atoms with Crippen LogP contribution < -0.4 is 15.4 Å². The number of fused-ring (bicyclic) bond motifs is 1. The van der Waals surface area contributed by atoms with Crippen molar-refractivity contribution in [2.45, 2.75) is 6.04 Å². The smallest absolute Gasteiger partial charge is 0.171 e. The molecule has 3 nitrogen and oxygen atoms in total. The van der Waals surface area contributed by atoms with Gasteiger partial charge in [-0.2, -0.15) is 0 Å². The Bertz CT molecular complexity index is 586. The Morgan fingerprint density at radius 2 is 1.79 bits per heavy atom. The number of rotatable bonds is 2. The lowest BCUT2D eigenvalue weighted by Crippen LogP contribution is -2.33. The van der Waals surface area contributed by atoms with Crippen LogP contribution in [0.25, 0.3) is 0 Å². The molecule has 0 saturated heterocycles. The molecule has 19 heavy (non-hydrogen) atoms. The Labute approximate surface area is 117 Å². The third-order valence-corrected chi connectivity index (χ3v) is 3.26. The first-order valence-electron chi connectivity index (χ1n) is 6.17. The molecular weight excluding hydrogens is 256 g/mol. The molecule has 2 aromatic rings. The summed E-state index contributed by atoms with van der Waals surface area (Å²) >= 11 is 5.32. The van der Waals surface area contributed by atoms with Gasteiger partial charge in [-0.3, -0.25) is 0 Å². The molecule has 0 fully saturated rings. The van der Waals surface area contributed by atoms with Crippen LogP contribution in [0.5, 0.6) is 5.75 Å². The molecule has 0 aromatic heterocycles. The van der Waals surface area contributed by atoms with E-state index in [1.54, 1.807) is 0 Å². The fourth-order valence-electron chi connectivity index (χ4n) is 2.13. The molecule has 1 unspecified atom stereocenters. The number of ether oxygens (including phenoxy) is 1. The maximum Gasteiger partial charge on any atom is 0.171 e. The van der Waals surface area contributed by atoms with E-state index in [1.165, 1.54) is 0 Å². The zero-order valence-corrected chi connectivity index (χ0v) is 11.1. The van der Waals surface area contributed by atoms with Gasteiger partial charge in [0, 0.05) is 11.3 Å². The van der Waals surface area contributed by atoms with Crippen molar-refractivity contribution in [1.82, 2.24) is 5.32 Å². The molecule has 0 amide bonds. The van der Waals surface area contributed by atoms with Gasteiger partial charge >= 0.3 is 0 Å². The van der Waals surface area contributed by atoms with E-state index in [1.807, 2.05) is 48.5 Å². The van der Waals surface area contributed by atoms with Crippen LogP contribution in [0.4, 0.5) is 5.69 Å². The average molecular weight is 270 g/mol. The molecule has 0 bridgehead atoms. The molecule has 1 aliphatic rings. The average Bonchev–Trinajstić information content (AvgIpc) is 2.83. The Balaban J connectivity index is 1.65. The number of hydrogen-bond acceptors (Lipinski definition) is 2. The first-order valence-corrected chi connectivity index (χ1v) is 6.58. The maximum absolute atomic E-state index is 5.61. The summed E-state index contributed by atoms with van der Waals surface area (Å²) in [6.45, 7) is 0.607. The van der Waals surface area contributed by atoms with Crippen LogP contribution >= 0.6 is 12.2 Å². The highest BCUT2D eigenvalue weighted by atomic mass is 32.1. The summed E-state index contributed by atoms with van der Waals surface area (Å²) in [6, 6.07) is 18.0. The molecule has 0 spiro atoms. The van der Waals surface area contributed by atoms with Crippen LogP contribution in [0.3, 0.4) is 0 Å². The second-order valence-electron chi connectivity index (χ2n) is 4.37. The lowest BCUT2D eigenvalue weighted by molar-refractivity contribution is 0.325. The zero-order valence-electron chi connectivity index (χ0n) is 10.3. The minimum atomic E-state index is 0.111. The summed E-state index contributed by atoms with van der Waals surface area (Å²) in [4.78, 5) is 0. The maximum atomic E-state index is 5.61. The minimum absolute atomic E-state index is 0.111. The SMILES string of the molecule is S=C(Nc1ccccc1)NC1COc2ccccc21. The van der Waals surface area contributed by atoms with Crippen LogP contribution in [0.15, 0.2) is 54.6 Å². The molecule has 1 atom stereocenters. The van der Waals surface area contributed by atoms with Gasteiger partial charge in [-0.25, -0.2) is 0 Å². The summed E-state index contributed by atoms with van der Waals surface area (Å²) in [5.74, 6) is 0.933. The van der Waals surface area contributed by atoms with Gasteiger partial charge in [0.15, 0.2) is 5.11 Å². The molecule has 1 heterocycles. The standard InChI is InChI=1S/C15H14N2OS/c19-15(16-11-6-2-1-3-7-11)17-13-10-18-14-9-5-4-8-12(13)14/h1-9,13H,10H2,(H2,16,17,19). The first kappa shape index (κ1) is 12.0. The Kier molecular flexibility index (Phi) is 3.33. The minimum Gasteiger partial charge on any atom is -0.491 e. The van der Waals surface area contributed by atoms with E-state index in [0.29, 0.717) is 11.7 Å². The highest BCUT2D eigenvalue weighted by Crippen LogP contribution is 2.31. The van der Waals surface area contributed by atoms with Crippen molar-refractivity contribution >= 4 is 23.0 Å². The molecule has 0 aliphatic carbocycles. The van der Waals surface area contributed by atoms with Crippen LogP contribution in [0.2, 0.25) is 0 Å². The summed E-state index contributed by atoms with van der Waals surface area (Å²) in [5, 5.41) is 7.05. The fourth-order valence-corrected chi connectivity index (χ4v) is 2.39. The van der Waals surface area contributed by atoms with Crippen LogP contribution in [0.1, 0.15) is 11.6 Å². The van der Waals surface area contributed by atoms with Crippen molar-refractivity contribution in [2.24, 2.45) is 0 Å². The van der Waals surface area contributed by atoms with Gasteiger partial charge in [0.05, 0.1) is 6.04 Å². The molecule has 0 saturated carbocycles. The highest BCUT2D eigenvalue weighted by Gasteiger charge is 2.23. The van der Waals surface area contributed by atoms with Crippen LogP contribution in [-0.2, 0) is 0 Å². The van der Waals surface area contributed by atoms with Gasteiger partial charge in [-0.15, -0.1) is 0 Å². The number of benzene rings is 2. The lowest BCUT2D eigenvalue weighted by atomic mass is 10.1. The monoisotopic (exact) mass is 270 g/mol. The summed E-state index contributed by atoms with van der Waals surface area (Å²) < 4.78 is 5.61. The molecular formula is C15H14N2OS. The molecule has 1 aliphatic heterocycles. The third kappa shape index (κ3) is 2.69. The van der Waals surface area contributed by atoms with Gasteiger partial charge in [-0.05, 0) is 30.4 Å². The quantitative estimate of drug-likeness (QED) is 0.822. The first-order chi connectivity index (χ1) is 9.33. The van der Waals surface area contributed by atoms with Crippen molar-refractivity contribution < 1.29 is 4.74 Å². The van der Waals surface area contributed by atoms with Crippen molar-refractivity contribution in [2.75, 3.05) is 11.9 Å². The number of nitrogens with one attached hydrogen (secondary N) is 2. The number of thiocarbonyl (C=S) groups is 1. The van der Waals surface area contributed by atoms with E-state index in [0.717, 1.165) is 17.0 Å². The van der Waals surface area contributed by atoms with Crippen molar-refractivity contribution in [3.8, 4) is 5.75 Å². The number of hydrogen-bond donors (Lipinski definition) is 2. The second-order valence-corrected chi connectivity index (χ2v) is 4.77. The van der Waals surface area contributed by atoms with Crippen molar-refractivity contribution in [3.05, 3.63) is 60.2 Å². The number of anilines is 1. The fraction of sp³-hybridized carbons (Fsp3) is 0.133. The summed E-state index contributed by atoms with van der Waals surface area (Å²) in [6.07, 6.45) is 0. The predicted molar refractivity (Wildman–Crippen MR) is 80.5 cm³/mol. The van der Waals surface area contributed by atoms with Crippen molar-refractivity contribution in [1.29, 1.82) is 0 Å². The van der Waals surface area contributed by atoms with Gasteiger partial charge in [-0.1, -0.05) is 36.4 Å². The normalized spacial score (nSPS) is 16.3. The van der Waals surface area contributed by atoms with Crippen LogP contribution in [-0.4, -0.2) is 11.7 Å². The Morgan fingerprint density at radius 3 is 2.63 bits per heavy atom.